The maximum absolute atomic E-state index is 13.1. The first-order chi connectivity index (χ1) is 19.7. The molecule has 11 nitrogen and oxygen atoms in total. The van der Waals surface area contributed by atoms with Crippen LogP contribution in [0.25, 0.3) is 0 Å². The van der Waals surface area contributed by atoms with E-state index in [1.165, 1.54) is 30.2 Å². The number of hydrogen-bond acceptors (Lipinski definition) is 7. The summed E-state index contributed by atoms with van der Waals surface area (Å²) in [7, 11) is 1.34. The summed E-state index contributed by atoms with van der Waals surface area (Å²) < 4.78 is 5.11. The number of methoxy groups -OCH3 is 1. The number of hydrogen-bond donors (Lipinski definition) is 1. The molecule has 0 aromatic heterocycles. The van der Waals surface area contributed by atoms with E-state index in [-0.39, 0.29) is 53.5 Å². The van der Waals surface area contributed by atoms with Crippen molar-refractivity contribution in [2.45, 2.75) is 44.7 Å². The molecule has 6 rings (SSSR count). The van der Waals surface area contributed by atoms with Crippen LogP contribution in [-0.4, -0.2) is 64.6 Å². The van der Waals surface area contributed by atoms with E-state index < -0.39 is 16.9 Å². The number of amides is 4. The van der Waals surface area contributed by atoms with Crippen LogP contribution in [0.5, 0.6) is 5.75 Å². The molecule has 2 aromatic carbocycles. The minimum atomic E-state index is -0.667. The Morgan fingerprint density at radius 3 is 2.66 bits per heavy atom. The summed E-state index contributed by atoms with van der Waals surface area (Å²) in [5.41, 5.74) is 2.36. The van der Waals surface area contributed by atoms with Crippen LogP contribution in [0.15, 0.2) is 36.4 Å². The summed E-state index contributed by atoms with van der Waals surface area (Å²) in [5, 5.41) is 13.5. The average molecular weight is 557 g/mol. The Morgan fingerprint density at radius 2 is 1.95 bits per heavy atom. The number of ether oxygens (including phenoxy) is 1. The van der Waals surface area contributed by atoms with Crippen LogP contribution < -0.4 is 10.1 Å². The molecular weight excluding hydrogens is 528 g/mol. The Kier molecular flexibility index (Phi) is 6.49. The van der Waals surface area contributed by atoms with E-state index in [0.717, 1.165) is 30.4 Å². The van der Waals surface area contributed by atoms with Crippen LogP contribution in [0.3, 0.4) is 0 Å². The van der Waals surface area contributed by atoms with Gasteiger partial charge in [0.2, 0.25) is 11.8 Å². The average Bonchev–Trinajstić information content (AvgIpc) is 3.53. The molecule has 3 fully saturated rings. The molecule has 4 aliphatic rings. The van der Waals surface area contributed by atoms with E-state index in [4.69, 9.17) is 4.74 Å². The van der Waals surface area contributed by atoms with Crippen molar-refractivity contribution in [3.8, 4) is 17.6 Å². The van der Waals surface area contributed by atoms with Crippen molar-refractivity contribution >= 4 is 29.3 Å². The maximum atomic E-state index is 13.1. The molecule has 2 atom stereocenters. The number of nitro benzene ring substituents is 1. The van der Waals surface area contributed by atoms with Gasteiger partial charge in [-0.2, -0.15) is 0 Å². The van der Waals surface area contributed by atoms with Gasteiger partial charge in [-0.1, -0.05) is 17.9 Å². The molecule has 3 aliphatic heterocycles. The molecule has 1 N–H and O–H groups in total. The Bertz CT molecular complexity index is 1560. The minimum absolute atomic E-state index is 0.0567. The number of fused-ring (bicyclic) bond motifs is 1. The molecule has 41 heavy (non-hydrogen) atoms. The van der Waals surface area contributed by atoms with Crippen LogP contribution in [0, 0.1) is 33.3 Å². The third-order valence-electron chi connectivity index (χ3n) is 8.82. The fourth-order valence-corrected chi connectivity index (χ4v) is 6.27. The van der Waals surface area contributed by atoms with Crippen molar-refractivity contribution in [3.63, 3.8) is 0 Å². The Hall–Kier alpha value is -4.72. The Balaban J connectivity index is 1.10. The molecule has 3 heterocycles. The van der Waals surface area contributed by atoms with Gasteiger partial charge in [0.05, 0.1) is 12.0 Å². The van der Waals surface area contributed by atoms with E-state index in [1.54, 1.807) is 17.0 Å². The van der Waals surface area contributed by atoms with Gasteiger partial charge in [0.25, 0.3) is 11.8 Å². The van der Waals surface area contributed by atoms with E-state index >= 15 is 0 Å². The molecule has 1 aliphatic carbocycles. The van der Waals surface area contributed by atoms with Crippen molar-refractivity contribution in [3.05, 3.63) is 68.8 Å². The highest BCUT2D eigenvalue weighted by molar-refractivity contribution is 6.05. The minimum Gasteiger partial charge on any atom is -0.490 e. The number of nitrogens with one attached hydrogen (secondary N) is 1. The van der Waals surface area contributed by atoms with Gasteiger partial charge in [0, 0.05) is 60.8 Å². The smallest absolute Gasteiger partial charge is 0.310 e. The van der Waals surface area contributed by atoms with Gasteiger partial charge in [0.1, 0.15) is 6.04 Å². The number of nitrogens with zero attached hydrogens (tertiary/aromatic N) is 3. The number of nitro groups is 1. The molecule has 4 amide bonds. The molecular formula is C30H28N4O7. The number of likely N-dealkylation sites (tertiary alicyclic amines) is 1. The van der Waals surface area contributed by atoms with Gasteiger partial charge < -0.3 is 14.5 Å². The quantitative estimate of drug-likeness (QED) is 0.264. The molecule has 1 spiro atoms. The zero-order valence-electron chi connectivity index (χ0n) is 22.5. The topological polar surface area (TPSA) is 139 Å². The zero-order valence-corrected chi connectivity index (χ0v) is 22.5. The van der Waals surface area contributed by atoms with E-state index in [1.807, 2.05) is 6.07 Å². The van der Waals surface area contributed by atoms with Crippen molar-refractivity contribution in [1.82, 2.24) is 15.1 Å². The van der Waals surface area contributed by atoms with Crippen molar-refractivity contribution in [2.24, 2.45) is 11.3 Å². The van der Waals surface area contributed by atoms with Crippen LogP contribution in [0.4, 0.5) is 5.69 Å². The highest BCUT2D eigenvalue weighted by Crippen LogP contribution is 2.59. The predicted octanol–water partition coefficient (Wildman–Crippen LogP) is 2.66. The number of piperidine rings is 2. The summed E-state index contributed by atoms with van der Waals surface area (Å²) in [4.78, 5) is 64.0. The standard InChI is InChI=1S/C30H28N4O7/c1-41-25-15-19(6-8-23(25)34(39)40)28(37)32-13-11-30(12-14-32)16-20(30)7-5-18-3-2-4-21-22(18)17-33(29(21)38)24-9-10-26(35)31-27(24)36/h2-4,6,8,15,20,24H,9-14,16-17H2,1H3,(H,31,35,36)/t20-,24?/m0/s1. The number of carbonyl (C=O) groups excluding carboxylic acids is 4. The highest BCUT2D eigenvalue weighted by Gasteiger charge is 2.54. The second-order valence-electron chi connectivity index (χ2n) is 11.1. The fraction of sp³-hybridized carbons (Fsp3) is 0.400. The molecule has 0 radical (unpaired) electrons. The van der Waals surface area contributed by atoms with Gasteiger partial charge >= 0.3 is 5.69 Å². The number of benzene rings is 2. The van der Waals surface area contributed by atoms with Crippen LogP contribution in [-0.2, 0) is 16.1 Å². The summed E-state index contributed by atoms with van der Waals surface area (Å²) in [6, 6.07) is 8.95. The number of carbonyl (C=O) groups is 4. The molecule has 2 aromatic rings. The second kappa shape index (κ2) is 10.0. The lowest BCUT2D eigenvalue weighted by Gasteiger charge is -2.32. The lowest BCUT2D eigenvalue weighted by atomic mass is 9.90. The van der Waals surface area contributed by atoms with Crippen molar-refractivity contribution in [2.75, 3.05) is 20.2 Å². The van der Waals surface area contributed by atoms with Gasteiger partial charge in [-0.05, 0) is 54.9 Å². The summed E-state index contributed by atoms with van der Waals surface area (Å²) >= 11 is 0. The molecule has 1 saturated carbocycles. The maximum Gasteiger partial charge on any atom is 0.310 e. The van der Waals surface area contributed by atoms with Crippen molar-refractivity contribution in [1.29, 1.82) is 0 Å². The Labute approximate surface area is 236 Å². The molecule has 0 bridgehead atoms. The van der Waals surface area contributed by atoms with E-state index in [9.17, 15) is 29.3 Å². The summed E-state index contributed by atoms with van der Waals surface area (Å²) in [5.74, 6) is 5.80. The Morgan fingerprint density at radius 1 is 1.17 bits per heavy atom. The van der Waals surface area contributed by atoms with Gasteiger partial charge in [0.15, 0.2) is 5.75 Å². The van der Waals surface area contributed by atoms with Crippen molar-refractivity contribution < 1.29 is 28.8 Å². The van der Waals surface area contributed by atoms with Gasteiger partial charge in [-0.3, -0.25) is 34.6 Å². The lowest BCUT2D eigenvalue weighted by molar-refractivity contribution is -0.385. The van der Waals surface area contributed by atoms with E-state index in [0.29, 0.717) is 30.6 Å². The number of rotatable bonds is 4. The molecule has 2 saturated heterocycles. The van der Waals surface area contributed by atoms with E-state index in [2.05, 4.69) is 17.2 Å². The summed E-state index contributed by atoms with van der Waals surface area (Å²) in [6.45, 7) is 1.44. The normalized spacial score (nSPS) is 22.5. The fourth-order valence-electron chi connectivity index (χ4n) is 6.27. The second-order valence-corrected chi connectivity index (χ2v) is 11.1. The predicted molar refractivity (Wildman–Crippen MR) is 145 cm³/mol. The first-order valence-electron chi connectivity index (χ1n) is 13.6. The van der Waals surface area contributed by atoms with Crippen LogP contribution in [0.1, 0.15) is 63.9 Å². The SMILES string of the molecule is COc1cc(C(=O)N2CCC3(CC2)C[C@@H]3C#Cc2cccc3c2CN(C2CCC(=O)NC2=O)C3=O)ccc1[N+](=O)[O-]. The largest absolute Gasteiger partial charge is 0.490 e. The lowest BCUT2D eigenvalue weighted by Crippen LogP contribution is -2.52. The number of imide groups is 1. The van der Waals surface area contributed by atoms with Gasteiger partial charge in [-0.25, -0.2) is 0 Å². The monoisotopic (exact) mass is 556 g/mol. The summed E-state index contributed by atoms with van der Waals surface area (Å²) in [6.07, 6.45) is 3.10. The molecule has 11 heteroatoms. The van der Waals surface area contributed by atoms with Crippen LogP contribution in [0.2, 0.25) is 0 Å². The first kappa shape index (κ1) is 26.5. The van der Waals surface area contributed by atoms with Gasteiger partial charge in [-0.15, -0.1) is 0 Å². The third-order valence-corrected chi connectivity index (χ3v) is 8.82. The third kappa shape index (κ3) is 4.69. The highest BCUT2D eigenvalue weighted by atomic mass is 16.6. The first-order valence-corrected chi connectivity index (χ1v) is 13.6. The molecule has 1 unspecified atom stereocenters. The van der Waals surface area contributed by atoms with Crippen LogP contribution >= 0.6 is 0 Å². The molecule has 210 valence electrons. The zero-order chi connectivity index (χ0) is 28.9.